The molecule has 4 atom stereocenters. The molecule has 0 aliphatic carbocycles. The third-order valence-electron chi connectivity index (χ3n) is 4.47. The number of nitrogens with zero attached hydrogens (tertiary/aromatic N) is 4. The lowest BCUT2D eigenvalue weighted by Gasteiger charge is -2.16. The first-order valence-electron chi connectivity index (χ1n) is 8.77. The number of fused-ring (bicyclic) bond motifs is 1. The monoisotopic (exact) mass is 431 g/mol. The van der Waals surface area contributed by atoms with Crippen molar-refractivity contribution >= 4 is 21.5 Å². The van der Waals surface area contributed by atoms with Gasteiger partial charge in [-0.1, -0.05) is 24.1 Å². The van der Waals surface area contributed by atoms with Gasteiger partial charge in [0, 0.05) is 5.56 Å². The van der Waals surface area contributed by atoms with Crippen molar-refractivity contribution in [1.82, 2.24) is 19.5 Å². The molecule has 1 aliphatic heterocycles. The molecule has 0 amide bonds. The summed E-state index contributed by atoms with van der Waals surface area (Å²) in [6.07, 6.45) is -2.33. The van der Waals surface area contributed by atoms with E-state index >= 15 is 0 Å². The molecule has 1 aliphatic rings. The quantitative estimate of drug-likeness (QED) is 0.443. The molecule has 156 valence electrons. The van der Waals surface area contributed by atoms with E-state index in [0.29, 0.717) is 16.9 Å². The van der Waals surface area contributed by atoms with Gasteiger partial charge in [-0.25, -0.2) is 20.1 Å². The Bertz CT molecular complexity index is 1220. The first kappa shape index (κ1) is 20.4. The predicted molar refractivity (Wildman–Crippen MR) is 103 cm³/mol. The van der Waals surface area contributed by atoms with Crippen molar-refractivity contribution < 1.29 is 27.6 Å². The van der Waals surface area contributed by atoms with Crippen molar-refractivity contribution in [2.24, 2.45) is 5.14 Å². The number of benzene rings is 1. The molecule has 4 rings (SSSR count). The van der Waals surface area contributed by atoms with Crippen molar-refractivity contribution in [2.75, 3.05) is 6.61 Å². The number of nitrogens with two attached hydrogens (primary N) is 1. The molecule has 2 aromatic heterocycles. The minimum atomic E-state index is -4.22. The number of aliphatic hydroxyl groups is 2. The summed E-state index contributed by atoms with van der Waals surface area (Å²) in [6.45, 7) is -0.553. The van der Waals surface area contributed by atoms with E-state index in [4.69, 9.17) is 9.88 Å². The number of hydrogen-bond donors (Lipinski definition) is 3. The topological polar surface area (TPSA) is 163 Å². The van der Waals surface area contributed by atoms with E-state index in [1.165, 1.54) is 17.2 Å². The molecule has 0 bridgehead atoms. The molecule has 0 unspecified atom stereocenters. The zero-order valence-corrected chi connectivity index (χ0v) is 16.2. The van der Waals surface area contributed by atoms with Gasteiger partial charge in [0.1, 0.15) is 35.8 Å². The normalized spacial score (nSPS) is 24.0. The van der Waals surface area contributed by atoms with Crippen LogP contribution in [0, 0.1) is 11.8 Å². The zero-order valence-electron chi connectivity index (χ0n) is 15.4. The van der Waals surface area contributed by atoms with Crippen molar-refractivity contribution in [3.05, 3.63) is 54.2 Å². The molecule has 11 nitrogen and oxygen atoms in total. The van der Waals surface area contributed by atoms with E-state index in [1.807, 2.05) is 30.3 Å². The second kappa shape index (κ2) is 8.07. The molecule has 12 heteroatoms. The maximum Gasteiger partial charge on any atom is 0.333 e. The summed E-state index contributed by atoms with van der Waals surface area (Å²) in [6, 6.07) is 9.34. The van der Waals surface area contributed by atoms with Crippen LogP contribution in [0.1, 0.15) is 17.5 Å². The number of rotatable bonds is 4. The van der Waals surface area contributed by atoms with Crippen LogP contribution in [0.25, 0.3) is 11.2 Å². The highest BCUT2D eigenvalue weighted by molar-refractivity contribution is 7.84. The van der Waals surface area contributed by atoms with Crippen LogP contribution in [0.3, 0.4) is 0 Å². The highest BCUT2D eigenvalue weighted by Gasteiger charge is 2.44. The van der Waals surface area contributed by atoms with Crippen molar-refractivity contribution in [2.45, 2.75) is 24.5 Å². The van der Waals surface area contributed by atoms with Gasteiger partial charge >= 0.3 is 10.3 Å². The van der Waals surface area contributed by atoms with E-state index < -0.39 is 41.5 Å². The van der Waals surface area contributed by atoms with Crippen LogP contribution in [0.2, 0.25) is 0 Å². The second-order valence-corrected chi connectivity index (χ2v) is 7.71. The summed E-state index contributed by atoms with van der Waals surface area (Å²) in [4.78, 5) is 12.6. The summed E-state index contributed by atoms with van der Waals surface area (Å²) in [5, 5.41) is 25.3. The molecule has 1 fully saturated rings. The second-order valence-electron chi connectivity index (χ2n) is 6.49. The molecule has 0 saturated carbocycles. The van der Waals surface area contributed by atoms with Crippen LogP contribution < -0.4 is 5.14 Å². The third kappa shape index (κ3) is 4.17. The number of aromatic nitrogens is 4. The summed E-state index contributed by atoms with van der Waals surface area (Å²) >= 11 is 0. The van der Waals surface area contributed by atoms with Crippen molar-refractivity contribution in [3.63, 3.8) is 0 Å². The van der Waals surface area contributed by atoms with Crippen LogP contribution in [-0.2, 0) is 19.2 Å². The SMILES string of the molecule is NS(=O)(=O)OC[C@H]1O[C@@H](n2cnc3c(C#Cc4ccccc4)ncnc32)[C@H](O)[C@@H]1O. The molecular weight excluding hydrogens is 414 g/mol. The molecule has 3 heterocycles. The van der Waals surface area contributed by atoms with Gasteiger partial charge in [-0.15, -0.1) is 0 Å². The van der Waals surface area contributed by atoms with E-state index in [-0.39, 0.29) is 0 Å². The summed E-state index contributed by atoms with van der Waals surface area (Å²) < 4.78 is 33.4. The third-order valence-corrected chi connectivity index (χ3v) is 4.93. The highest BCUT2D eigenvalue weighted by Crippen LogP contribution is 2.31. The van der Waals surface area contributed by atoms with Gasteiger partial charge < -0.3 is 14.9 Å². The summed E-state index contributed by atoms with van der Waals surface area (Å²) in [5.74, 6) is 5.93. The Kier molecular flexibility index (Phi) is 5.48. The average Bonchev–Trinajstić information content (AvgIpc) is 3.27. The zero-order chi connectivity index (χ0) is 21.3. The number of hydrogen-bond acceptors (Lipinski definition) is 9. The lowest BCUT2D eigenvalue weighted by atomic mass is 10.1. The van der Waals surface area contributed by atoms with E-state index in [9.17, 15) is 18.6 Å². The van der Waals surface area contributed by atoms with Gasteiger partial charge in [-0.2, -0.15) is 8.42 Å². The maximum atomic E-state index is 11.0. The van der Waals surface area contributed by atoms with Gasteiger partial charge in [0.2, 0.25) is 0 Å². The average molecular weight is 431 g/mol. The smallest absolute Gasteiger partial charge is 0.333 e. The molecular formula is C18H17N5O6S. The van der Waals surface area contributed by atoms with E-state index in [1.54, 1.807) is 0 Å². The molecule has 1 saturated heterocycles. The fourth-order valence-corrected chi connectivity index (χ4v) is 3.36. The van der Waals surface area contributed by atoms with Gasteiger partial charge in [-0.05, 0) is 18.1 Å². The van der Waals surface area contributed by atoms with Crippen LogP contribution in [0.15, 0.2) is 43.0 Å². The number of aliphatic hydroxyl groups excluding tert-OH is 2. The van der Waals surface area contributed by atoms with Gasteiger partial charge in [0.05, 0.1) is 12.9 Å². The Morgan fingerprint density at radius 3 is 2.63 bits per heavy atom. The lowest BCUT2D eigenvalue weighted by molar-refractivity contribution is -0.0467. The number of ether oxygens (including phenoxy) is 1. The first-order chi connectivity index (χ1) is 14.3. The maximum absolute atomic E-state index is 11.0. The lowest BCUT2D eigenvalue weighted by Crippen LogP contribution is -2.35. The fraction of sp³-hybridized carbons (Fsp3) is 0.278. The Morgan fingerprint density at radius 1 is 1.13 bits per heavy atom. The molecule has 3 aromatic rings. The first-order valence-corrected chi connectivity index (χ1v) is 10.2. The van der Waals surface area contributed by atoms with Crippen LogP contribution in [0.5, 0.6) is 0 Å². The van der Waals surface area contributed by atoms with E-state index in [2.05, 4.69) is 31.0 Å². The minimum Gasteiger partial charge on any atom is -0.387 e. The molecule has 0 spiro atoms. The Balaban J connectivity index is 1.62. The minimum absolute atomic E-state index is 0.326. The van der Waals surface area contributed by atoms with E-state index in [0.717, 1.165) is 5.56 Å². The largest absolute Gasteiger partial charge is 0.387 e. The van der Waals surface area contributed by atoms with Crippen molar-refractivity contribution in [3.8, 4) is 11.8 Å². The highest BCUT2D eigenvalue weighted by atomic mass is 32.2. The molecule has 0 radical (unpaired) electrons. The Hall–Kier alpha value is -2.92. The predicted octanol–water partition coefficient (Wildman–Crippen LogP) is -0.935. The fourth-order valence-electron chi connectivity index (χ4n) is 3.04. The summed E-state index contributed by atoms with van der Waals surface area (Å²) in [7, 11) is -4.22. The molecule has 4 N–H and O–H groups in total. The van der Waals surface area contributed by atoms with Crippen LogP contribution in [-0.4, -0.2) is 63.1 Å². The number of imidazole rings is 1. The van der Waals surface area contributed by atoms with Crippen LogP contribution >= 0.6 is 0 Å². The van der Waals surface area contributed by atoms with Crippen LogP contribution in [0.4, 0.5) is 0 Å². The standard InChI is InChI=1S/C18H17N5O6S/c19-30(26,27)28-8-13-15(24)16(25)18(29-13)23-10-22-14-12(20-9-21-17(14)23)7-6-11-4-2-1-3-5-11/h1-5,9-10,13,15-16,18,24-25H,8H2,(H2,19,26,27)/t13-,15-,16-,18-/m1/s1. The van der Waals surface area contributed by atoms with Gasteiger partial charge in [0.25, 0.3) is 0 Å². The molecule has 30 heavy (non-hydrogen) atoms. The van der Waals surface area contributed by atoms with Gasteiger partial charge in [-0.3, -0.25) is 8.75 Å². The Labute approximate surface area is 171 Å². The van der Waals surface area contributed by atoms with Crippen molar-refractivity contribution in [1.29, 1.82) is 0 Å². The Morgan fingerprint density at radius 2 is 1.90 bits per heavy atom. The summed E-state index contributed by atoms with van der Waals surface area (Å²) in [5.41, 5.74) is 1.89. The van der Waals surface area contributed by atoms with Gasteiger partial charge in [0.15, 0.2) is 11.9 Å². The molecule has 1 aromatic carbocycles.